The van der Waals surface area contributed by atoms with Crippen LogP contribution in [0.5, 0.6) is 5.75 Å². The second-order valence-corrected chi connectivity index (χ2v) is 5.03. The fourth-order valence-electron chi connectivity index (χ4n) is 2.38. The van der Waals surface area contributed by atoms with Crippen LogP contribution in [0, 0.1) is 0 Å². The van der Waals surface area contributed by atoms with Crippen LogP contribution in [-0.2, 0) is 13.0 Å². The van der Waals surface area contributed by atoms with Crippen LogP contribution in [0.15, 0.2) is 48.7 Å². The van der Waals surface area contributed by atoms with Gasteiger partial charge in [-0.05, 0) is 24.1 Å². The molecule has 4 nitrogen and oxygen atoms in total. The van der Waals surface area contributed by atoms with Crippen molar-refractivity contribution in [3.63, 3.8) is 0 Å². The lowest BCUT2D eigenvalue weighted by atomic mass is 10.2. The third kappa shape index (κ3) is 2.70. The predicted octanol–water partition coefficient (Wildman–Crippen LogP) is 3.45. The van der Waals surface area contributed by atoms with Gasteiger partial charge < -0.3 is 10.5 Å². The van der Waals surface area contributed by atoms with Crippen molar-refractivity contribution in [2.24, 2.45) is 0 Å². The van der Waals surface area contributed by atoms with E-state index in [1.807, 2.05) is 53.1 Å². The van der Waals surface area contributed by atoms with Crippen LogP contribution in [0.3, 0.4) is 0 Å². The molecule has 0 amide bonds. The smallest absolute Gasteiger partial charge is 0.181 e. The summed E-state index contributed by atoms with van der Waals surface area (Å²) in [6.45, 7) is 2.65. The number of nitrogens with zero attached hydrogens (tertiary/aromatic N) is 2. The van der Waals surface area contributed by atoms with Gasteiger partial charge in [-0.15, -0.1) is 0 Å². The maximum absolute atomic E-state index is 6.15. The van der Waals surface area contributed by atoms with Crippen LogP contribution < -0.4 is 10.5 Å². The monoisotopic (exact) mass is 281 g/mol. The van der Waals surface area contributed by atoms with Crippen molar-refractivity contribution in [1.82, 2.24) is 9.38 Å². The van der Waals surface area contributed by atoms with Crippen LogP contribution in [0.1, 0.15) is 24.6 Å². The molecule has 3 aromatic rings. The number of nitrogen functional groups attached to an aromatic ring is 1. The molecule has 0 saturated heterocycles. The third-order valence-corrected chi connectivity index (χ3v) is 3.45. The Kier molecular flexibility index (Phi) is 3.77. The predicted molar refractivity (Wildman–Crippen MR) is 84.4 cm³/mol. The largest absolute Gasteiger partial charge is 0.485 e. The van der Waals surface area contributed by atoms with E-state index >= 15 is 0 Å². The molecule has 2 heterocycles. The Morgan fingerprint density at radius 2 is 1.95 bits per heavy atom. The maximum Gasteiger partial charge on any atom is 0.181 e. The van der Waals surface area contributed by atoms with Gasteiger partial charge in [0.15, 0.2) is 11.4 Å². The molecule has 2 aromatic heterocycles. The number of ether oxygens (including phenoxy) is 1. The van der Waals surface area contributed by atoms with Gasteiger partial charge in [-0.3, -0.25) is 4.40 Å². The summed E-state index contributed by atoms with van der Waals surface area (Å²) in [6, 6.07) is 14.0. The molecule has 0 radical (unpaired) electrons. The van der Waals surface area contributed by atoms with Crippen LogP contribution in [-0.4, -0.2) is 9.38 Å². The Balaban J connectivity index is 1.90. The molecule has 0 aliphatic heterocycles. The number of hydrogen-bond donors (Lipinski definition) is 1. The average Bonchev–Trinajstić information content (AvgIpc) is 2.84. The van der Waals surface area contributed by atoms with E-state index in [-0.39, 0.29) is 0 Å². The standard InChI is InChI=1S/C17H19N3O/c1-2-7-14-16(18)20-11-6-10-15(17(20)19-14)21-12-13-8-4-3-5-9-13/h3-6,8-11H,2,7,12,18H2,1H3. The molecule has 21 heavy (non-hydrogen) atoms. The molecule has 0 bridgehead atoms. The summed E-state index contributed by atoms with van der Waals surface area (Å²) >= 11 is 0. The van der Waals surface area contributed by atoms with Crippen molar-refractivity contribution in [1.29, 1.82) is 0 Å². The van der Waals surface area contributed by atoms with E-state index in [1.54, 1.807) is 0 Å². The van der Waals surface area contributed by atoms with Crippen molar-refractivity contribution >= 4 is 11.5 Å². The lowest BCUT2D eigenvalue weighted by Gasteiger charge is -2.07. The fourth-order valence-corrected chi connectivity index (χ4v) is 2.38. The van der Waals surface area contributed by atoms with E-state index in [4.69, 9.17) is 10.5 Å². The molecule has 108 valence electrons. The van der Waals surface area contributed by atoms with Gasteiger partial charge in [0.05, 0.1) is 5.69 Å². The van der Waals surface area contributed by atoms with E-state index in [0.29, 0.717) is 12.4 Å². The molecule has 0 fully saturated rings. The summed E-state index contributed by atoms with van der Waals surface area (Å²) in [5.74, 6) is 1.47. The number of hydrogen-bond acceptors (Lipinski definition) is 3. The number of aryl methyl sites for hydroxylation is 1. The lowest BCUT2D eigenvalue weighted by molar-refractivity contribution is 0.308. The zero-order valence-electron chi connectivity index (χ0n) is 12.1. The highest BCUT2D eigenvalue weighted by atomic mass is 16.5. The van der Waals surface area contributed by atoms with Crippen molar-refractivity contribution in [3.05, 3.63) is 59.9 Å². The van der Waals surface area contributed by atoms with Gasteiger partial charge in [0.25, 0.3) is 0 Å². The topological polar surface area (TPSA) is 52.5 Å². The Morgan fingerprint density at radius 1 is 1.14 bits per heavy atom. The molecule has 0 saturated carbocycles. The molecule has 0 unspecified atom stereocenters. The van der Waals surface area contributed by atoms with Crippen LogP contribution in [0.2, 0.25) is 0 Å². The number of anilines is 1. The number of aromatic nitrogens is 2. The summed E-state index contributed by atoms with van der Waals surface area (Å²) in [5.41, 5.74) is 9.00. The Morgan fingerprint density at radius 3 is 2.71 bits per heavy atom. The van der Waals surface area contributed by atoms with E-state index in [9.17, 15) is 0 Å². The number of nitrogens with two attached hydrogens (primary N) is 1. The summed E-state index contributed by atoms with van der Waals surface area (Å²) in [5, 5.41) is 0. The molecule has 2 N–H and O–H groups in total. The Hall–Kier alpha value is -2.49. The highest BCUT2D eigenvalue weighted by molar-refractivity contribution is 5.61. The zero-order chi connectivity index (χ0) is 14.7. The van der Waals surface area contributed by atoms with Crippen molar-refractivity contribution in [2.45, 2.75) is 26.4 Å². The second-order valence-electron chi connectivity index (χ2n) is 5.03. The summed E-state index contributed by atoms with van der Waals surface area (Å²) in [6.07, 6.45) is 3.83. The molecule has 0 spiro atoms. The number of imidazole rings is 1. The Labute approximate surface area is 124 Å². The average molecular weight is 281 g/mol. The molecule has 0 aliphatic carbocycles. The second kappa shape index (κ2) is 5.87. The highest BCUT2D eigenvalue weighted by Gasteiger charge is 2.12. The molecular formula is C17H19N3O. The minimum atomic E-state index is 0.524. The SMILES string of the molecule is CCCc1nc2c(OCc3ccccc3)cccn2c1N. The molecular weight excluding hydrogens is 262 g/mol. The first-order valence-electron chi connectivity index (χ1n) is 7.21. The molecule has 3 rings (SSSR count). The number of fused-ring (bicyclic) bond motifs is 1. The molecule has 0 atom stereocenters. The first-order chi connectivity index (χ1) is 10.3. The minimum absolute atomic E-state index is 0.524. The third-order valence-electron chi connectivity index (χ3n) is 3.45. The fraction of sp³-hybridized carbons (Fsp3) is 0.235. The van der Waals surface area contributed by atoms with Gasteiger partial charge >= 0.3 is 0 Å². The minimum Gasteiger partial charge on any atom is -0.485 e. The van der Waals surface area contributed by atoms with Gasteiger partial charge in [0.2, 0.25) is 0 Å². The van der Waals surface area contributed by atoms with E-state index < -0.39 is 0 Å². The van der Waals surface area contributed by atoms with Crippen molar-refractivity contribution < 1.29 is 4.74 Å². The van der Waals surface area contributed by atoms with Gasteiger partial charge in [0, 0.05) is 6.20 Å². The van der Waals surface area contributed by atoms with E-state index in [2.05, 4.69) is 11.9 Å². The lowest BCUT2D eigenvalue weighted by Crippen LogP contribution is -1.99. The first kappa shape index (κ1) is 13.5. The Bertz CT molecular complexity index is 734. The summed E-state index contributed by atoms with van der Waals surface area (Å²) in [4.78, 5) is 4.63. The normalized spacial score (nSPS) is 10.9. The van der Waals surface area contributed by atoms with Crippen molar-refractivity contribution in [2.75, 3.05) is 5.73 Å². The van der Waals surface area contributed by atoms with Crippen LogP contribution in [0.4, 0.5) is 5.82 Å². The van der Waals surface area contributed by atoms with Gasteiger partial charge in [-0.2, -0.15) is 0 Å². The first-order valence-corrected chi connectivity index (χ1v) is 7.21. The van der Waals surface area contributed by atoms with Crippen molar-refractivity contribution in [3.8, 4) is 5.75 Å². The van der Waals surface area contributed by atoms with Gasteiger partial charge in [-0.1, -0.05) is 43.7 Å². The quantitative estimate of drug-likeness (QED) is 0.779. The molecule has 0 aliphatic rings. The van der Waals surface area contributed by atoms with E-state index in [0.717, 1.165) is 35.5 Å². The van der Waals surface area contributed by atoms with Crippen LogP contribution >= 0.6 is 0 Å². The zero-order valence-corrected chi connectivity index (χ0v) is 12.1. The summed E-state index contributed by atoms with van der Waals surface area (Å²) in [7, 11) is 0. The number of pyridine rings is 1. The van der Waals surface area contributed by atoms with Gasteiger partial charge in [-0.25, -0.2) is 4.98 Å². The van der Waals surface area contributed by atoms with E-state index in [1.165, 1.54) is 0 Å². The molecule has 1 aromatic carbocycles. The maximum atomic E-state index is 6.15. The summed E-state index contributed by atoms with van der Waals surface area (Å²) < 4.78 is 7.81. The number of rotatable bonds is 5. The highest BCUT2D eigenvalue weighted by Crippen LogP contribution is 2.25. The molecule has 4 heteroatoms. The van der Waals surface area contributed by atoms with Gasteiger partial charge in [0.1, 0.15) is 12.4 Å². The van der Waals surface area contributed by atoms with Crippen LogP contribution in [0.25, 0.3) is 5.65 Å². The number of benzene rings is 1.